The third-order valence-electron chi connectivity index (χ3n) is 6.18. The van der Waals surface area contributed by atoms with Crippen LogP contribution in [0.3, 0.4) is 0 Å². The lowest BCUT2D eigenvalue weighted by Gasteiger charge is -2.40. The van der Waals surface area contributed by atoms with Gasteiger partial charge in [-0.3, -0.25) is 4.40 Å². The summed E-state index contributed by atoms with van der Waals surface area (Å²) in [5.41, 5.74) is 0.553. The quantitative estimate of drug-likeness (QED) is 0.446. The monoisotopic (exact) mass is 443 g/mol. The molecule has 2 aliphatic heterocycles. The Hall–Kier alpha value is -2.75. The van der Waals surface area contributed by atoms with E-state index in [1.165, 1.54) is 12.1 Å². The van der Waals surface area contributed by atoms with Crippen molar-refractivity contribution in [2.24, 2.45) is 5.92 Å². The molecule has 6 bridgehead atoms. The highest BCUT2D eigenvalue weighted by molar-refractivity contribution is 6.33. The maximum atomic E-state index is 15.6. The molecule has 3 aromatic heterocycles. The van der Waals surface area contributed by atoms with E-state index >= 15 is 8.78 Å². The average molecular weight is 444 g/mol. The molecule has 6 rings (SSSR count). The number of pyridine rings is 1. The lowest BCUT2D eigenvalue weighted by Crippen LogP contribution is -2.45. The van der Waals surface area contributed by atoms with Gasteiger partial charge in [-0.2, -0.15) is 8.78 Å². The Labute approximate surface area is 179 Å². The minimum absolute atomic E-state index is 0.0953. The van der Waals surface area contributed by atoms with Crippen LogP contribution in [0.4, 0.5) is 8.78 Å². The first-order valence-electron chi connectivity index (χ1n) is 9.79. The van der Waals surface area contributed by atoms with Gasteiger partial charge < -0.3 is 9.84 Å². The van der Waals surface area contributed by atoms with Gasteiger partial charge in [-0.05, 0) is 43.2 Å². The maximum absolute atomic E-state index is 15.6. The van der Waals surface area contributed by atoms with Crippen LogP contribution in [-0.2, 0) is 16.3 Å². The molecule has 31 heavy (non-hydrogen) atoms. The Morgan fingerprint density at radius 3 is 2.84 bits per heavy atom. The van der Waals surface area contributed by atoms with E-state index in [0.29, 0.717) is 38.8 Å². The van der Waals surface area contributed by atoms with Gasteiger partial charge in [0.05, 0.1) is 29.8 Å². The molecule has 2 aliphatic rings. The summed E-state index contributed by atoms with van der Waals surface area (Å²) in [7, 11) is 0. The molecular weight excluding hydrogens is 428 g/mol. The van der Waals surface area contributed by atoms with Crippen molar-refractivity contribution in [2.75, 3.05) is 13.2 Å². The molecule has 158 valence electrons. The highest BCUT2D eigenvalue weighted by atomic mass is 35.5. The summed E-state index contributed by atoms with van der Waals surface area (Å²) >= 11 is 6.50. The van der Waals surface area contributed by atoms with Gasteiger partial charge in [0.25, 0.3) is 5.92 Å². The van der Waals surface area contributed by atoms with E-state index in [1.54, 1.807) is 29.5 Å². The van der Waals surface area contributed by atoms with Crippen LogP contribution in [0.1, 0.15) is 23.4 Å². The Morgan fingerprint density at radius 1 is 1.16 bits per heavy atom. The van der Waals surface area contributed by atoms with Crippen molar-refractivity contribution in [3.8, 4) is 11.4 Å². The second-order valence-corrected chi connectivity index (χ2v) is 8.59. The first-order valence-corrected chi connectivity index (χ1v) is 10.2. The summed E-state index contributed by atoms with van der Waals surface area (Å²) in [5.74, 6) is -4.26. The van der Waals surface area contributed by atoms with Crippen molar-refractivity contribution in [3.05, 3.63) is 52.3 Å². The number of alkyl halides is 2. The fraction of sp³-hybridized carbons (Fsp3) is 0.333. The van der Waals surface area contributed by atoms with Gasteiger partial charge in [0.1, 0.15) is 16.8 Å². The number of ether oxygens (including phenoxy) is 1. The molecule has 1 N–H and O–H groups in total. The zero-order valence-electron chi connectivity index (χ0n) is 16.3. The van der Waals surface area contributed by atoms with Crippen molar-refractivity contribution in [1.29, 1.82) is 0 Å². The van der Waals surface area contributed by atoms with Crippen molar-refractivity contribution in [3.63, 3.8) is 0 Å². The molecule has 0 spiro atoms. The molecule has 0 saturated carbocycles. The number of fused-ring (bicyclic) bond motifs is 7. The van der Waals surface area contributed by atoms with E-state index in [1.807, 2.05) is 0 Å². The van der Waals surface area contributed by atoms with Crippen LogP contribution in [0.5, 0.6) is 0 Å². The first kappa shape index (κ1) is 19.0. The summed E-state index contributed by atoms with van der Waals surface area (Å²) in [5, 5.41) is 20.2. The van der Waals surface area contributed by atoms with Crippen LogP contribution in [0, 0.1) is 12.8 Å². The maximum Gasteiger partial charge on any atom is 0.294 e. The molecular formula is C21H16ClF2N5O2. The van der Waals surface area contributed by atoms with Gasteiger partial charge >= 0.3 is 0 Å². The number of halogens is 3. The molecule has 1 aromatic carbocycles. The number of aryl methyl sites for hydroxylation is 1. The SMILES string of the molecule is Cc1nc2ccc3nc2n2c(nnc12)-c1cc(ccc1Cl)C1(O)COCC(C1)C3(F)F. The molecule has 0 amide bonds. The Bertz CT molecular complexity index is 1390. The van der Waals surface area contributed by atoms with Crippen LogP contribution >= 0.6 is 11.6 Å². The Morgan fingerprint density at radius 2 is 2.00 bits per heavy atom. The van der Waals surface area contributed by atoms with Gasteiger partial charge in [-0.15, -0.1) is 10.2 Å². The number of benzene rings is 1. The van der Waals surface area contributed by atoms with Crippen LogP contribution in [0.2, 0.25) is 5.02 Å². The molecule has 2 atom stereocenters. The summed E-state index contributed by atoms with van der Waals surface area (Å²) in [6.07, 6.45) is -0.185. The highest BCUT2D eigenvalue weighted by Gasteiger charge is 2.50. The molecule has 1 fully saturated rings. The minimum atomic E-state index is -3.33. The van der Waals surface area contributed by atoms with Crippen LogP contribution in [0.25, 0.3) is 28.2 Å². The topological polar surface area (TPSA) is 85.4 Å². The molecule has 5 heterocycles. The minimum Gasteiger partial charge on any atom is -0.383 e. The van der Waals surface area contributed by atoms with Gasteiger partial charge in [-0.25, -0.2) is 9.97 Å². The first-order chi connectivity index (χ1) is 14.8. The van der Waals surface area contributed by atoms with E-state index in [4.69, 9.17) is 16.3 Å². The van der Waals surface area contributed by atoms with E-state index in [9.17, 15) is 5.11 Å². The molecule has 4 aromatic rings. The number of rotatable bonds is 0. The number of hydrogen-bond donors (Lipinski definition) is 1. The van der Waals surface area contributed by atoms with E-state index in [-0.39, 0.29) is 25.3 Å². The predicted molar refractivity (Wildman–Crippen MR) is 108 cm³/mol. The van der Waals surface area contributed by atoms with Gasteiger partial charge in [0.15, 0.2) is 17.1 Å². The molecule has 0 aliphatic carbocycles. The summed E-state index contributed by atoms with van der Waals surface area (Å²) in [6, 6.07) is 7.70. The fourth-order valence-electron chi connectivity index (χ4n) is 4.53. The molecule has 0 radical (unpaired) electrons. The summed E-state index contributed by atoms with van der Waals surface area (Å²) < 4.78 is 38.2. The predicted octanol–water partition coefficient (Wildman–Crippen LogP) is 3.63. The zero-order chi connectivity index (χ0) is 21.5. The van der Waals surface area contributed by atoms with Gasteiger partial charge in [0.2, 0.25) is 0 Å². The van der Waals surface area contributed by atoms with Crippen molar-refractivity contribution < 1.29 is 18.6 Å². The van der Waals surface area contributed by atoms with Crippen LogP contribution in [0.15, 0.2) is 30.3 Å². The summed E-state index contributed by atoms with van der Waals surface area (Å²) in [6.45, 7) is 1.48. The van der Waals surface area contributed by atoms with Crippen LogP contribution < -0.4 is 0 Å². The lowest BCUT2D eigenvalue weighted by atomic mass is 9.79. The normalized spacial score (nSPS) is 24.5. The Balaban J connectivity index is 1.80. The van der Waals surface area contributed by atoms with Crippen molar-refractivity contribution in [2.45, 2.75) is 24.9 Å². The zero-order valence-corrected chi connectivity index (χ0v) is 17.1. The lowest BCUT2D eigenvalue weighted by molar-refractivity contribution is -0.182. The van der Waals surface area contributed by atoms with Crippen molar-refractivity contribution >= 4 is 28.4 Å². The Kier molecular flexibility index (Phi) is 3.77. The molecule has 1 saturated heterocycles. The van der Waals surface area contributed by atoms with E-state index in [2.05, 4.69) is 20.2 Å². The fourth-order valence-corrected chi connectivity index (χ4v) is 4.73. The highest BCUT2D eigenvalue weighted by Crippen LogP contribution is 2.46. The second kappa shape index (κ2) is 6.15. The van der Waals surface area contributed by atoms with Gasteiger partial charge in [0, 0.05) is 5.56 Å². The van der Waals surface area contributed by atoms with Crippen LogP contribution in [-0.4, -0.2) is 42.9 Å². The van der Waals surface area contributed by atoms with E-state index < -0.39 is 23.1 Å². The molecule has 7 nitrogen and oxygen atoms in total. The average Bonchev–Trinajstić information content (AvgIpc) is 3.19. The third kappa shape index (κ3) is 2.57. The van der Waals surface area contributed by atoms with E-state index in [0.717, 1.165) is 0 Å². The second-order valence-electron chi connectivity index (χ2n) is 8.18. The van der Waals surface area contributed by atoms with Gasteiger partial charge in [-0.1, -0.05) is 17.7 Å². The largest absolute Gasteiger partial charge is 0.383 e. The summed E-state index contributed by atoms with van der Waals surface area (Å²) in [4.78, 5) is 8.76. The number of hydrogen-bond acceptors (Lipinski definition) is 6. The number of aliphatic hydroxyl groups is 1. The third-order valence-corrected chi connectivity index (χ3v) is 6.51. The molecule has 10 heteroatoms. The number of nitrogens with zero attached hydrogens (tertiary/aromatic N) is 5. The smallest absolute Gasteiger partial charge is 0.294 e. The standard InChI is InChI=1S/C21H16ClF2N5O2/c1-10-17-27-28-18-13-6-11(2-3-14(13)22)20(30)7-12(8-31-9-20)21(23,24)16-5-4-15(25-10)19(26-16)29(17)18/h2-6,12,30H,7-9H2,1H3. The van der Waals surface area contributed by atoms with Crippen molar-refractivity contribution in [1.82, 2.24) is 24.6 Å². The number of aromatic nitrogens is 5. The molecule has 2 unspecified atom stereocenters.